The van der Waals surface area contributed by atoms with E-state index in [1.165, 1.54) is 0 Å². The van der Waals surface area contributed by atoms with Crippen LogP contribution in [0.3, 0.4) is 0 Å². The topological polar surface area (TPSA) is 72.2 Å². The molecular weight excluding hydrogens is 248 g/mol. The summed E-state index contributed by atoms with van der Waals surface area (Å²) in [6.45, 7) is 3.79. The predicted octanol–water partition coefficient (Wildman–Crippen LogP) is 2.19. The van der Waals surface area contributed by atoms with E-state index in [4.69, 9.17) is 5.73 Å². The number of nitrogen functional groups attached to an aromatic ring is 1. The second kappa shape index (κ2) is 4.55. The molecule has 2 rings (SSSR count). The fourth-order valence-electron chi connectivity index (χ4n) is 2.46. The number of nitrogens with two attached hydrogens (primary N) is 1. The van der Waals surface area contributed by atoms with Crippen LogP contribution in [0.25, 0.3) is 0 Å². The van der Waals surface area contributed by atoms with Crippen molar-refractivity contribution in [1.29, 1.82) is 0 Å². The van der Waals surface area contributed by atoms with Crippen LogP contribution >= 0.6 is 0 Å². The van der Waals surface area contributed by atoms with Crippen molar-refractivity contribution in [3.05, 3.63) is 23.8 Å². The monoisotopic (exact) mass is 268 g/mol. The van der Waals surface area contributed by atoms with Crippen molar-refractivity contribution in [3.8, 4) is 0 Å². The highest BCUT2D eigenvalue weighted by molar-refractivity contribution is 7.89. The summed E-state index contributed by atoms with van der Waals surface area (Å²) in [5, 5.41) is 0. The largest absolute Gasteiger partial charge is 0.399 e. The van der Waals surface area contributed by atoms with E-state index in [2.05, 4.69) is 4.72 Å². The first-order valence-electron chi connectivity index (χ1n) is 6.23. The number of nitrogens with one attached hydrogen (secondary N) is 1. The highest BCUT2D eigenvalue weighted by Crippen LogP contribution is 2.30. The standard InChI is InChI=1S/C13H20N2O2S/c1-10-9-11(5-6-12(10)14)18(16,17)15-13(2)7-3-4-8-13/h5-6,9,15H,3-4,7-8,14H2,1-2H3. The van der Waals surface area contributed by atoms with Crippen LogP contribution in [0.5, 0.6) is 0 Å². The first-order chi connectivity index (χ1) is 8.32. The van der Waals surface area contributed by atoms with Crippen LogP contribution in [0.1, 0.15) is 38.2 Å². The Labute approximate surface area is 109 Å². The molecule has 1 aliphatic rings. The Hall–Kier alpha value is -1.07. The molecule has 18 heavy (non-hydrogen) atoms. The fourth-order valence-corrected chi connectivity index (χ4v) is 4.01. The molecule has 0 unspecified atom stereocenters. The molecule has 0 heterocycles. The quantitative estimate of drug-likeness (QED) is 0.825. The summed E-state index contributed by atoms with van der Waals surface area (Å²) in [4.78, 5) is 0.294. The molecule has 1 aliphatic carbocycles. The molecule has 0 atom stereocenters. The Bertz CT molecular complexity index is 546. The van der Waals surface area contributed by atoms with E-state index in [0.717, 1.165) is 31.2 Å². The van der Waals surface area contributed by atoms with Crippen molar-refractivity contribution in [2.45, 2.75) is 50.0 Å². The zero-order valence-corrected chi connectivity index (χ0v) is 11.7. The van der Waals surface area contributed by atoms with E-state index in [1.807, 2.05) is 13.8 Å². The van der Waals surface area contributed by atoms with Gasteiger partial charge in [0, 0.05) is 11.2 Å². The van der Waals surface area contributed by atoms with Crippen LogP contribution in [0, 0.1) is 6.92 Å². The second-order valence-corrected chi connectivity index (χ2v) is 7.07. The number of anilines is 1. The van der Waals surface area contributed by atoms with Gasteiger partial charge in [0.2, 0.25) is 10.0 Å². The van der Waals surface area contributed by atoms with Crippen molar-refractivity contribution in [2.24, 2.45) is 0 Å². The van der Waals surface area contributed by atoms with E-state index in [9.17, 15) is 8.42 Å². The van der Waals surface area contributed by atoms with Crippen LogP contribution in [-0.2, 0) is 10.0 Å². The molecule has 0 aliphatic heterocycles. The third-order valence-corrected chi connectivity index (χ3v) is 5.28. The number of hydrogen-bond acceptors (Lipinski definition) is 3. The van der Waals surface area contributed by atoms with Gasteiger partial charge in [-0.2, -0.15) is 0 Å². The van der Waals surface area contributed by atoms with Crippen LogP contribution < -0.4 is 10.5 Å². The highest BCUT2D eigenvalue weighted by atomic mass is 32.2. The maximum Gasteiger partial charge on any atom is 0.241 e. The lowest BCUT2D eigenvalue weighted by atomic mass is 10.0. The number of hydrogen-bond donors (Lipinski definition) is 2. The van der Waals surface area contributed by atoms with Gasteiger partial charge < -0.3 is 5.73 Å². The van der Waals surface area contributed by atoms with Gasteiger partial charge in [-0.05, 0) is 50.5 Å². The molecule has 0 radical (unpaired) electrons. The SMILES string of the molecule is Cc1cc(S(=O)(=O)NC2(C)CCCC2)ccc1N. The molecule has 1 aromatic rings. The normalized spacial score (nSPS) is 19.0. The molecule has 1 saturated carbocycles. The van der Waals surface area contributed by atoms with Crippen LogP contribution in [0.15, 0.2) is 23.1 Å². The Morgan fingerprint density at radius 2 is 1.89 bits per heavy atom. The van der Waals surface area contributed by atoms with E-state index >= 15 is 0 Å². The Balaban J connectivity index is 2.27. The van der Waals surface area contributed by atoms with Gasteiger partial charge >= 0.3 is 0 Å². The number of rotatable bonds is 3. The molecule has 0 aromatic heterocycles. The van der Waals surface area contributed by atoms with Crippen LogP contribution in [0.2, 0.25) is 0 Å². The third-order valence-electron chi connectivity index (χ3n) is 3.64. The zero-order valence-electron chi connectivity index (χ0n) is 10.9. The lowest BCUT2D eigenvalue weighted by Gasteiger charge is -2.25. The van der Waals surface area contributed by atoms with Crippen molar-refractivity contribution in [3.63, 3.8) is 0 Å². The Morgan fingerprint density at radius 3 is 2.44 bits per heavy atom. The van der Waals surface area contributed by atoms with E-state index in [1.54, 1.807) is 18.2 Å². The summed E-state index contributed by atoms with van der Waals surface area (Å²) in [5.41, 5.74) is 6.81. The van der Waals surface area contributed by atoms with E-state index in [0.29, 0.717) is 10.6 Å². The van der Waals surface area contributed by atoms with Gasteiger partial charge in [0.1, 0.15) is 0 Å². The fraction of sp³-hybridized carbons (Fsp3) is 0.538. The number of sulfonamides is 1. The van der Waals surface area contributed by atoms with Gasteiger partial charge in [0.25, 0.3) is 0 Å². The van der Waals surface area contributed by atoms with Crippen LogP contribution in [-0.4, -0.2) is 14.0 Å². The van der Waals surface area contributed by atoms with Crippen LogP contribution in [0.4, 0.5) is 5.69 Å². The van der Waals surface area contributed by atoms with Crippen molar-refractivity contribution in [1.82, 2.24) is 4.72 Å². The first-order valence-corrected chi connectivity index (χ1v) is 7.71. The molecule has 0 saturated heterocycles. The van der Waals surface area contributed by atoms with E-state index < -0.39 is 10.0 Å². The third kappa shape index (κ3) is 2.67. The van der Waals surface area contributed by atoms with Gasteiger partial charge in [0.15, 0.2) is 0 Å². The maximum atomic E-state index is 12.3. The molecule has 100 valence electrons. The average molecular weight is 268 g/mol. The highest BCUT2D eigenvalue weighted by Gasteiger charge is 2.33. The van der Waals surface area contributed by atoms with Crippen molar-refractivity contribution < 1.29 is 8.42 Å². The molecule has 1 fully saturated rings. The minimum atomic E-state index is -3.45. The molecule has 1 aromatic carbocycles. The van der Waals surface area contributed by atoms with E-state index in [-0.39, 0.29) is 5.54 Å². The van der Waals surface area contributed by atoms with Crippen molar-refractivity contribution >= 4 is 15.7 Å². The number of benzene rings is 1. The molecular formula is C13H20N2O2S. The smallest absolute Gasteiger partial charge is 0.241 e. The molecule has 0 spiro atoms. The molecule has 0 amide bonds. The minimum absolute atomic E-state index is 0.294. The summed E-state index contributed by atoms with van der Waals surface area (Å²) in [7, 11) is -3.45. The summed E-state index contributed by atoms with van der Waals surface area (Å²) in [6, 6.07) is 4.82. The van der Waals surface area contributed by atoms with Gasteiger partial charge in [-0.15, -0.1) is 0 Å². The lowest BCUT2D eigenvalue weighted by Crippen LogP contribution is -2.43. The first kappa shape index (κ1) is 13.4. The summed E-state index contributed by atoms with van der Waals surface area (Å²) >= 11 is 0. The summed E-state index contributed by atoms with van der Waals surface area (Å²) in [6.07, 6.45) is 3.97. The van der Waals surface area contributed by atoms with Gasteiger partial charge in [-0.3, -0.25) is 0 Å². The summed E-state index contributed by atoms with van der Waals surface area (Å²) < 4.78 is 27.4. The Kier molecular flexibility index (Phi) is 3.38. The van der Waals surface area contributed by atoms with Crippen molar-refractivity contribution in [2.75, 3.05) is 5.73 Å². The minimum Gasteiger partial charge on any atom is -0.399 e. The van der Waals surface area contributed by atoms with Gasteiger partial charge in [-0.25, -0.2) is 13.1 Å². The van der Waals surface area contributed by atoms with Gasteiger partial charge in [-0.1, -0.05) is 12.8 Å². The zero-order chi connectivity index (χ0) is 13.4. The summed E-state index contributed by atoms with van der Waals surface area (Å²) in [5.74, 6) is 0. The lowest BCUT2D eigenvalue weighted by molar-refractivity contribution is 0.427. The maximum absolute atomic E-state index is 12.3. The predicted molar refractivity (Wildman–Crippen MR) is 72.8 cm³/mol. The second-order valence-electron chi connectivity index (χ2n) is 5.39. The molecule has 4 nitrogen and oxygen atoms in total. The Morgan fingerprint density at radius 1 is 1.28 bits per heavy atom. The molecule has 3 N–H and O–H groups in total. The average Bonchev–Trinajstić information content (AvgIpc) is 2.67. The molecule has 0 bridgehead atoms. The number of aryl methyl sites for hydroxylation is 1. The molecule has 5 heteroatoms. The van der Waals surface area contributed by atoms with Gasteiger partial charge in [0.05, 0.1) is 4.90 Å².